The molecule has 1 aromatic heterocycles. The second-order valence-electron chi connectivity index (χ2n) is 3.99. The molecular weight excluding hydrogens is 224 g/mol. The van der Waals surface area contributed by atoms with E-state index >= 15 is 0 Å². The molecule has 1 aromatic rings. The lowest BCUT2D eigenvalue weighted by Crippen LogP contribution is -2.15. The van der Waals surface area contributed by atoms with Gasteiger partial charge in [0.15, 0.2) is 0 Å². The van der Waals surface area contributed by atoms with E-state index in [1.54, 1.807) is 6.07 Å². The van der Waals surface area contributed by atoms with E-state index in [4.69, 9.17) is 14.6 Å². The minimum absolute atomic E-state index is 0.223. The molecule has 1 rings (SSSR count). The summed E-state index contributed by atoms with van der Waals surface area (Å²) in [7, 11) is 0. The third kappa shape index (κ3) is 3.34. The van der Waals surface area contributed by atoms with Crippen molar-refractivity contribution < 1.29 is 24.2 Å². The van der Waals surface area contributed by atoms with Gasteiger partial charge in [0.25, 0.3) is 0 Å². The van der Waals surface area contributed by atoms with Gasteiger partial charge in [0.2, 0.25) is 0 Å². The molecule has 1 atom stereocenters. The molecule has 0 aliphatic rings. The molecule has 1 unspecified atom stereocenters. The molecule has 17 heavy (non-hydrogen) atoms. The van der Waals surface area contributed by atoms with Crippen molar-refractivity contribution in [2.75, 3.05) is 0 Å². The Balaban J connectivity index is 2.98. The van der Waals surface area contributed by atoms with Gasteiger partial charge in [-0.25, -0.2) is 0 Å². The van der Waals surface area contributed by atoms with Gasteiger partial charge in [0, 0.05) is 6.42 Å². The van der Waals surface area contributed by atoms with Gasteiger partial charge in [-0.3, -0.25) is 9.59 Å². The Morgan fingerprint density at radius 3 is 2.53 bits per heavy atom. The van der Waals surface area contributed by atoms with Crippen LogP contribution in [-0.4, -0.2) is 22.2 Å². The first-order valence-corrected chi connectivity index (χ1v) is 5.49. The minimum Gasteiger partial charge on any atom is -0.481 e. The minimum atomic E-state index is -1.18. The molecule has 1 heterocycles. The number of rotatable bonds is 6. The number of aryl methyl sites for hydroxylation is 2. The van der Waals surface area contributed by atoms with Crippen LogP contribution in [0.25, 0.3) is 0 Å². The monoisotopic (exact) mass is 240 g/mol. The predicted octanol–water partition coefficient (Wildman–Crippen LogP) is 2.18. The first kappa shape index (κ1) is 13.3. The fourth-order valence-corrected chi connectivity index (χ4v) is 1.68. The third-order valence-corrected chi connectivity index (χ3v) is 2.54. The first-order chi connectivity index (χ1) is 7.95. The molecule has 0 fully saturated rings. The zero-order chi connectivity index (χ0) is 13.0. The molecule has 0 spiro atoms. The largest absolute Gasteiger partial charge is 0.481 e. The van der Waals surface area contributed by atoms with Gasteiger partial charge in [-0.2, -0.15) is 0 Å². The Morgan fingerprint density at radius 2 is 2.06 bits per heavy atom. The number of furan rings is 1. The Labute approximate surface area is 99.1 Å². The second kappa shape index (κ2) is 5.52. The zero-order valence-corrected chi connectivity index (χ0v) is 9.90. The summed E-state index contributed by atoms with van der Waals surface area (Å²) in [6.45, 7) is 3.82. The van der Waals surface area contributed by atoms with Crippen LogP contribution in [0.2, 0.25) is 0 Å². The van der Waals surface area contributed by atoms with Crippen molar-refractivity contribution in [3.05, 3.63) is 23.2 Å². The average molecular weight is 240 g/mol. The normalized spacial score (nSPS) is 12.4. The number of carboxylic acid groups (broad SMARTS) is 2. The van der Waals surface area contributed by atoms with Crippen LogP contribution in [-0.2, 0) is 16.0 Å². The Kier molecular flexibility index (Phi) is 4.31. The summed E-state index contributed by atoms with van der Waals surface area (Å²) in [6, 6.07) is 1.62. The molecule has 0 radical (unpaired) electrons. The quantitative estimate of drug-likeness (QED) is 0.795. The van der Waals surface area contributed by atoms with Crippen molar-refractivity contribution in [2.45, 2.75) is 39.0 Å². The first-order valence-electron chi connectivity index (χ1n) is 5.49. The number of hydrogen-bond acceptors (Lipinski definition) is 3. The van der Waals surface area contributed by atoms with E-state index in [0.717, 1.165) is 24.2 Å². The van der Waals surface area contributed by atoms with Crippen LogP contribution in [0.1, 0.15) is 42.8 Å². The highest BCUT2D eigenvalue weighted by molar-refractivity contribution is 5.81. The van der Waals surface area contributed by atoms with Gasteiger partial charge in [-0.05, 0) is 25.0 Å². The average Bonchev–Trinajstić information content (AvgIpc) is 2.57. The predicted molar refractivity (Wildman–Crippen MR) is 60.1 cm³/mol. The van der Waals surface area contributed by atoms with Crippen LogP contribution in [0.4, 0.5) is 0 Å². The molecule has 0 saturated carbocycles. The number of hydrogen-bond donors (Lipinski definition) is 2. The Hall–Kier alpha value is -1.78. The van der Waals surface area contributed by atoms with Crippen molar-refractivity contribution in [3.8, 4) is 0 Å². The summed E-state index contributed by atoms with van der Waals surface area (Å²) in [5.74, 6) is -2.48. The molecule has 0 aliphatic carbocycles. The number of carbonyl (C=O) groups is 2. The topological polar surface area (TPSA) is 87.7 Å². The Bertz CT molecular complexity index is 419. The third-order valence-electron chi connectivity index (χ3n) is 2.54. The highest BCUT2D eigenvalue weighted by Gasteiger charge is 2.27. The smallest absolute Gasteiger partial charge is 0.314 e. The van der Waals surface area contributed by atoms with E-state index in [9.17, 15) is 9.59 Å². The molecule has 2 N–H and O–H groups in total. The maximum Gasteiger partial charge on any atom is 0.314 e. The molecule has 94 valence electrons. The second-order valence-corrected chi connectivity index (χ2v) is 3.99. The summed E-state index contributed by atoms with van der Waals surface area (Å²) in [6.07, 6.45) is 1.16. The molecule has 5 heteroatoms. The summed E-state index contributed by atoms with van der Waals surface area (Å²) in [4.78, 5) is 21.6. The molecule has 0 aromatic carbocycles. The van der Waals surface area contributed by atoms with E-state index in [-0.39, 0.29) is 5.76 Å². The standard InChI is InChI=1S/C12H16O5/c1-3-4-9-7(2)5-10(17-9)8(12(15)16)6-11(13)14/h5,8H,3-4,6H2,1-2H3,(H,13,14)(H,15,16). The van der Waals surface area contributed by atoms with Crippen LogP contribution >= 0.6 is 0 Å². The van der Waals surface area contributed by atoms with E-state index < -0.39 is 24.3 Å². The summed E-state index contributed by atoms with van der Waals surface area (Å²) < 4.78 is 5.44. The van der Waals surface area contributed by atoms with Gasteiger partial charge in [-0.15, -0.1) is 0 Å². The fourth-order valence-electron chi connectivity index (χ4n) is 1.68. The van der Waals surface area contributed by atoms with Crippen LogP contribution in [0.15, 0.2) is 10.5 Å². The number of carboxylic acids is 2. The van der Waals surface area contributed by atoms with Crippen molar-refractivity contribution in [2.24, 2.45) is 0 Å². The maximum atomic E-state index is 11.0. The van der Waals surface area contributed by atoms with Crippen molar-refractivity contribution in [3.63, 3.8) is 0 Å². The molecule has 0 bridgehead atoms. The highest BCUT2D eigenvalue weighted by atomic mass is 16.4. The van der Waals surface area contributed by atoms with Gasteiger partial charge >= 0.3 is 11.9 Å². The lowest BCUT2D eigenvalue weighted by atomic mass is 10.0. The molecular formula is C12H16O5. The van der Waals surface area contributed by atoms with Crippen molar-refractivity contribution >= 4 is 11.9 Å². The number of aliphatic carboxylic acids is 2. The van der Waals surface area contributed by atoms with Crippen molar-refractivity contribution in [1.29, 1.82) is 0 Å². The SMILES string of the molecule is CCCc1oc(C(CC(=O)O)C(=O)O)cc1C. The van der Waals surface area contributed by atoms with E-state index in [2.05, 4.69) is 0 Å². The van der Waals surface area contributed by atoms with E-state index in [1.807, 2.05) is 13.8 Å². The lowest BCUT2D eigenvalue weighted by Gasteiger charge is -2.05. The van der Waals surface area contributed by atoms with Gasteiger partial charge in [-0.1, -0.05) is 6.92 Å². The van der Waals surface area contributed by atoms with Gasteiger partial charge < -0.3 is 14.6 Å². The summed E-state index contributed by atoms with van der Waals surface area (Å²) in [5, 5.41) is 17.7. The molecule has 5 nitrogen and oxygen atoms in total. The van der Waals surface area contributed by atoms with Crippen LogP contribution in [0.3, 0.4) is 0 Å². The van der Waals surface area contributed by atoms with Gasteiger partial charge in [0.1, 0.15) is 17.4 Å². The van der Waals surface area contributed by atoms with Crippen LogP contribution in [0, 0.1) is 6.92 Å². The highest BCUT2D eigenvalue weighted by Crippen LogP contribution is 2.26. The van der Waals surface area contributed by atoms with Crippen LogP contribution in [0.5, 0.6) is 0 Å². The summed E-state index contributed by atoms with van der Waals surface area (Å²) >= 11 is 0. The lowest BCUT2D eigenvalue weighted by molar-refractivity contribution is -0.145. The van der Waals surface area contributed by atoms with Gasteiger partial charge in [0.05, 0.1) is 6.42 Å². The van der Waals surface area contributed by atoms with Crippen molar-refractivity contribution in [1.82, 2.24) is 0 Å². The van der Waals surface area contributed by atoms with E-state index in [1.165, 1.54) is 0 Å². The Morgan fingerprint density at radius 1 is 1.41 bits per heavy atom. The fraction of sp³-hybridized carbons (Fsp3) is 0.500. The summed E-state index contributed by atoms with van der Waals surface area (Å²) in [5.41, 5.74) is 0.874. The molecule has 0 amide bonds. The molecule has 0 saturated heterocycles. The zero-order valence-electron chi connectivity index (χ0n) is 9.90. The molecule has 0 aliphatic heterocycles. The maximum absolute atomic E-state index is 11.0. The van der Waals surface area contributed by atoms with Crippen LogP contribution < -0.4 is 0 Å². The van der Waals surface area contributed by atoms with E-state index in [0.29, 0.717) is 0 Å².